The lowest BCUT2D eigenvalue weighted by atomic mass is 10.5. The fourth-order valence-corrected chi connectivity index (χ4v) is 2.08. The van der Waals surface area contributed by atoms with Crippen LogP contribution >= 0.6 is 11.3 Å². The Morgan fingerprint density at radius 3 is 3.12 bits per heavy atom. The van der Waals surface area contributed by atoms with Crippen molar-refractivity contribution in [3.63, 3.8) is 0 Å². The van der Waals surface area contributed by atoms with E-state index in [2.05, 4.69) is 19.9 Å². The van der Waals surface area contributed by atoms with Gasteiger partial charge in [-0.1, -0.05) is 0 Å². The van der Waals surface area contributed by atoms with Crippen LogP contribution in [0.3, 0.4) is 0 Å². The minimum absolute atomic E-state index is 0.686. The highest BCUT2D eigenvalue weighted by molar-refractivity contribution is 7.09. The summed E-state index contributed by atoms with van der Waals surface area (Å²) in [7, 11) is 1.70. The number of hydrogen-bond acceptors (Lipinski definition) is 5. The van der Waals surface area contributed by atoms with E-state index < -0.39 is 0 Å². The molecule has 0 aliphatic rings. The van der Waals surface area contributed by atoms with E-state index in [-0.39, 0.29) is 0 Å². The molecule has 0 unspecified atom stereocenters. The number of methoxy groups -OCH3 is 1. The van der Waals surface area contributed by atoms with Crippen molar-refractivity contribution in [3.05, 3.63) is 28.5 Å². The van der Waals surface area contributed by atoms with Gasteiger partial charge in [-0.05, 0) is 6.92 Å². The van der Waals surface area contributed by atoms with Crippen molar-refractivity contribution >= 4 is 17.3 Å². The van der Waals surface area contributed by atoms with E-state index in [1.165, 1.54) is 4.88 Å². The highest BCUT2D eigenvalue weighted by atomic mass is 32.1. The number of hydrogen-bond donors (Lipinski definition) is 1. The average Bonchev–Trinajstić information content (AvgIpc) is 2.93. The van der Waals surface area contributed by atoms with Gasteiger partial charge in [0, 0.05) is 30.9 Å². The van der Waals surface area contributed by atoms with Crippen molar-refractivity contribution in [3.8, 4) is 0 Å². The van der Waals surface area contributed by atoms with E-state index in [1.807, 2.05) is 24.8 Å². The second-order valence-corrected chi connectivity index (χ2v) is 4.68. The van der Waals surface area contributed by atoms with Crippen LogP contribution in [0.15, 0.2) is 17.9 Å². The fraction of sp³-hybridized carbons (Fsp3) is 0.455. The number of nitrogens with zero attached hydrogens (tertiary/aromatic N) is 3. The molecule has 1 N–H and O–H groups in total. The van der Waals surface area contributed by atoms with Crippen LogP contribution in [0.2, 0.25) is 0 Å². The molecular formula is C11H16N4OS. The van der Waals surface area contributed by atoms with E-state index in [0.29, 0.717) is 6.61 Å². The normalized spacial score (nSPS) is 10.7. The molecule has 92 valence electrons. The average molecular weight is 252 g/mol. The van der Waals surface area contributed by atoms with E-state index in [4.69, 9.17) is 4.74 Å². The fourth-order valence-electron chi connectivity index (χ4n) is 1.54. The van der Waals surface area contributed by atoms with Gasteiger partial charge in [-0.3, -0.25) is 4.98 Å². The van der Waals surface area contributed by atoms with Crippen molar-refractivity contribution in [1.82, 2.24) is 14.5 Å². The largest absolute Gasteiger partial charge is 0.383 e. The summed E-state index contributed by atoms with van der Waals surface area (Å²) in [5.74, 6) is 0.882. The summed E-state index contributed by atoms with van der Waals surface area (Å²) < 4.78 is 7.15. The SMILES string of the molecule is COCCn1cc(C)nc1NCc1cncs1. The van der Waals surface area contributed by atoms with Crippen molar-refractivity contribution in [2.45, 2.75) is 20.0 Å². The highest BCUT2D eigenvalue weighted by Gasteiger charge is 2.05. The Morgan fingerprint density at radius 1 is 1.53 bits per heavy atom. The number of thiazole rings is 1. The number of nitrogens with one attached hydrogen (secondary N) is 1. The van der Waals surface area contributed by atoms with Crippen LogP contribution in [0.5, 0.6) is 0 Å². The third kappa shape index (κ3) is 3.28. The molecule has 0 aromatic carbocycles. The zero-order valence-electron chi connectivity index (χ0n) is 10.0. The minimum atomic E-state index is 0.686. The van der Waals surface area contributed by atoms with E-state index >= 15 is 0 Å². The molecule has 2 aromatic rings. The molecule has 2 aromatic heterocycles. The summed E-state index contributed by atoms with van der Waals surface area (Å²) in [6.45, 7) is 4.24. The van der Waals surface area contributed by atoms with Gasteiger partial charge in [0.15, 0.2) is 0 Å². The lowest BCUT2D eigenvalue weighted by molar-refractivity contribution is 0.187. The number of aryl methyl sites for hydroxylation is 1. The summed E-state index contributed by atoms with van der Waals surface area (Å²) >= 11 is 1.64. The molecule has 0 aliphatic heterocycles. The van der Waals surface area contributed by atoms with E-state index in [0.717, 1.165) is 24.7 Å². The number of ether oxygens (including phenoxy) is 1. The molecule has 0 radical (unpaired) electrons. The summed E-state index contributed by atoms with van der Waals surface area (Å²) in [5, 5.41) is 3.31. The zero-order valence-corrected chi connectivity index (χ0v) is 10.8. The summed E-state index contributed by atoms with van der Waals surface area (Å²) in [6, 6.07) is 0. The lowest BCUT2D eigenvalue weighted by Crippen LogP contribution is -2.09. The van der Waals surface area contributed by atoms with Gasteiger partial charge < -0.3 is 14.6 Å². The lowest BCUT2D eigenvalue weighted by Gasteiger charge is -2.08. The van der Waals surface area contributed by atoms with Crippen molar-refractivity contribution in [1.29, 1.82) is 0 Å². The predicted octanol–water partition coefficient (Wildman–Crippen LogP) is 1.91. The molecule has 0 bridgehead atoms. The molecule has 0 amide bonds. The van der Waals surface area contributed by atoms with Gasteiger partial charge in [0.2, 0.25) is 5.95 Å². The number of imidazole rings is 1. The van der Waals surface area contributed by atoms with Gasteiger partial charge in [0.1, 0.15) is 0 Å². The molecule has 0 aliphatic carbocycles. The van der Waals surface area contributed by atoms with Crippen LogP contribution in [-0.4, -0.2) is 28.3 Å². The van der Waals surface area contributed by atoms with Crippen LogP contribution in [0, 0.1) is 6.92 Å². The van der Waals surface area contributed by atoms with Crippen LogP contribution < -0.4 is 5.32 Å². The monoisotopic (exact) mass is 252 g/mol. The molecule has 0 spiro atoms. The molecule has 6 heteroatoms. The summed E-state index contributed by atoms with van der Waals surface area (Å²) in [6.07, 6.45) is 3.89. The maximum Gasteiger partial charge on any atom is 0.203 e. The van der Waals surface area contributed by atoms with Crippen LogP contribution in [0.25, 0.3) is 0 Å². The standard InChI is InChI=1S/C11H16N4OS/c1-9-7-15(3-4-16-2)11(14-9)13-6-10-5-12-8-17-10/h5,7-8H,3-4,6H2,1-2H3,(H,13,14). The van der Waals surface area contributed by atoms with Crippen LogP contribution in [0.1, 0.15) is 10.6 Å². The molecule has 0 saturated carbocycles. The Hall–Kier alpha value is -1.40. The summed E-state index contributed by atoms with van der Waals surface area (Å²) in [4.78, 5) is 9.68. The second kappa shape index (κ2) is 5.79. The molecule has 5 nitrogen and oxygen atoms in total. The number of anilines is 1. The predicted molar refractivity (Wildman–Crippen MR) is 68.3 cm³/mol. The first-order chi connectivity index (χ1) is 8.29. The van der Waals surface area contributed by atoms with Gasteiger partial charge in [-0.15, -0.1) is 11.3 Å². The molecule has 2 rings (SSSR count). The number of aromatic nitrogens is 3. The third-order valence-corrected chi connectivity index (χ3v) is 3.12. The Labute approximate surface area is 104 Å². The highest BCUT2D eigenvalue weighted by Crippen LogP contribution is 2.12. The van der Waals surface area contributed by atoms with Crippen molar-refractivity contribution in [2.24, 2.45) is 0 Å². The Kier molecular flexibility index (Phi) is 4.11. The topological polar surface area (TPSA) is 52.0 Å². The van der Waals surface area contributed by atoms with Crippen molar-refractivity contribution in [2.75, 3.05) is 19.0 Å². The van der Waals surface area contributed by atoms with Crippen molar-refractivity contribution < 1.29 is 4.74 Å². The quantitative estimate of drug-likeness (QED) is 0.853. The first-order valence-electron chi connectivity index (χ1n) is 5.43. The first kappa shape index (κ1) is 12.1. The van der Waals surface area contributed by atoms with Gasteiger partial charge >= 0.3 is 0 Å². The van der Waals surface area contributed by atoms with E-state index in [9.17, 15) is 0 Å². The van der Waals surface area contributed by atoms with E-state index in [1.54, 1.807) is 18.4 Å². The molecule has 0 fully saturated rings. The summed E-state index contributed by atoms with van der Waals surface area (Å²) in [5.41, 5.74) is 2.84. The smallest absolute Gasteiger partial charge is 0.203 e. The van der Waals surface area contributed by atoms with Crippen LogP contribution in [0.4, 0.5) is 5.95 Å². The maximum atomic E-state index is 5.08. The molecule has 17 heavy (non-hydrogen) atoms. The van der Waals surface area contributed by atoms with Crippen LogP contribution in [-0.2, 0) is 17.8 Å². The maximum absolute atomic E-state index is 5.08. The van der Waals surface area contributed by atoms with Gasteiger partial charge in [-0.2, -0.15) is 0 Å². The molecule has 0 atom stereocenters. The first-order valence-corrected chi connectivity index (χ1v) is 6.31. The Bertz CT molecular complexity index is 452. The van der Waals surface area contributed by atoms with Gasteiger partial charge in [0.05, 0.1) is 24.4 Å². The number of rotatable bonds is 6. The zero-order chi connectivity index (χ0) is 12.1. The molecular weight excluding hydrogens is 236 g/mol. The van der Waals surface area contributed by atoms with Gasteiger partial charge in [-0.25, -0.2) is 4.98 Å². The minimum Gasteiger partial charge on any atom is -0.383 e. The molecule has 0 saturated heterocycles. The Morgan fingerprint density at radius 2 is 2.41 bits per heavy atom. The molecule has 2 heterocycles. The van der Waals surface area contributed by atoms with Gasteiger partial charge in [0.25, 0.3) is 0 Å². The Balaban J connectivity index is 1.99. The second-order valence-electron chi connectivity index (χ2n) is 3.71. The third-order valence-electron chi connectivity index (χ3n) is 2.34.